The molecule has 1 aromatic heterocycles. The number of hydrogen-bond donors (Lipinski definition) is 1. The van der Waals surface area contributed by atoms with E-state index < -0.39 is 22.6 Å². The zero-order chi connectivity index (χ0) is 21.0. The molecule has 0 bridgehead atoms. The summed E-state index contributed by atoms with van der Waals surface area (Å²) in [5, 5.41) is 14.9. The summed E-state index contributed by atoms with van der Waals surface area (Å²) in [7, 11) is 0. The molecule has 0 aliphatic heterocycles. The molecule has 6 nitrogen and oxygen atoms in total. The molecule has 0 aliphatic rings. The molecular formula is C19H13F3N2O4S. The molecule has 0 saturated heterocycles. The third kappa shape index (κ3) is 4.91. The van der Waals surface area contributed by atoms with Gasteiger partial charge in [0.2, 0.25) is 0 Å². The first kappa shape index (κ1) is 20.3. The molecule has 0 spiro atoms. The molecule has 0 unspecified atom stereocenters. The van der Waals surface area contributed by atoms with Crippen LogP contribution in [0.25, 0.3) is 0 Å². The summed E-state index contributed by atoms with van der Waals surface area (Å²) in [6.45, 7) is -0.0340. The van der Waals surface area contributed by atoms with E-state index in [1.54, 1.807) is 11.4 Å². The normalized spacial score (nSPS) is 11.1. The molecule has 0 fully saturated rings. The van der Waals surface area contributed by atoms with Crippen molar-refractivity contribution in [2.75, 3.05) is 5.32 Å². The number of carbonyl (C=O) groups excluding carboxylic acids is 1. The van der Waals surface area contributed by atoms with Crippen LogP contribution in [0.5, 0.6) is 5.75 Å². The minimum Gasteiger partial charge on any atom is -0.482 e. The smallest absolute Gasteiger partial charge is 0.418 e. The maximum atomic E-state index is 13.0. The maximum Gasteiger partial charge on any atom is 0.418 e. The second-order valence-electron chi connectivity index (χ2n) is 5.83. The van der Waals surface area contributed by atoms with Gasteiger partial charge < -0.3 is 10.1 Å². The Kier molecular flexibility index (Phi) is 5.83. The van der Waals surface area contributed by atoms with Crippen molar-refractivity contribution in [1.82, 2.24) is 0 Å². The largest absolute Gasteiger partial charge is 0.482 e. The van der Waals surface area contributed by atoms with E-state index >= 15 is 0 Å². The van der Waals surface area contributed by atoms with Gasteiger partial charge in [0.15, 0.2) is 5.75 Å². The second kappa shape index (κ2) is 8.31. The third-order valence-electron chi connectivity index (χ3n) is 3.81. The van der Waals surface area contributed by atoms with Crippen LogP contribution < -0.4 is 10.1 Å². The van der Waals surface area contributed by atoms with E-state index in [4.69, 9.17) is 4.74 Å². The van der Waals surface area contributed by atoms with Gasteiger partial charge in [0, 0.05) is 11.6 Å². The zero-order valence-electron chi connectivity index (χ0n) is 14.6. The summed E-state index contributed by atoms with van der Waals surface area (Å²) < 4.78 is 44.6. The predicted octanol–water partition coefficient (Wildman–Crippen LogP) is 5.51. The molecule has 0 saturated carbocycles. The van der Waals surface area contributed by atoms with Crippen LogP contribution in [0.15, 0.2) is 60.0 Å². The van der Waals surface area contributed by atoms with E-state index in [2.05, 4.69) is 5.32 Å². The van der Waals surface area contributed by atoms with Crippen LogP contribution in [0.3, 0.4) is 0 Å². The number of hydrogen-bond acceptors (Lipinski definition) is 5. The highest BCUT2D eigenvalue weighted by atomic mass is 32.1. The monoisotopic (exact) mass is 422 g/mol. The SMILES string of the molecule is O=C(Nc1ccccc1C(F)(F)F)c1cc(COc2ccccc2[N+](=O)[O-])cs1. The topological polar surface area (TPSA) is 81.5 Å². The van der Waals surface area contributed by atoms with E-state index in [1.165, 1.54) is 42.5 Å². The molecule has 150 valence electrons. The van der Waals surface area contributed by atoms with Crippen LogP contribution in [0.2, 0.25) is 0 Å². The lowest BCUT2D eigenvalue weighted by Crippen LogP contribution is -2.15. The number of halogens is 3. The third-order valence-corrected chi connectivity index (χ3v) is 4.79. The summed E-state index contributed by atoms with van der Waals surface area (Å²) in [5.41, 5.74) is -0.909. The summed E-state index contributed by atoms with van der Waals surface area (Å²) in [6, 6.07) is 12.0. The molecule has 0 radical (unpaired) electrons. The quantitative estimate of drug-likeness (QED) is 0.420. The number of nitrogens with zero attached hydrogens (tertiary/aromatic N) is 1. The first-order chi connectivity index (χ1) is 13.8. The minimum atomic E-state index is -4.59. The highest BCUT2D eigenvalue weighted by Crippen LogP contribution is 2.35. The lowest BCUT2D eigenvalue weighted by atomic mass is 10.1. The second-order valence-corrected chi connectivity index (χ2v) is 6.74. The number of thiophene rings is 1. The van der Waals surface area contributed by atoms with Gasteiger partial charge in [-0.2, -0.15) is 13.2 Å². The average Bonchev–Trinajstić information content (AvgIpc) is 3.15. The van der Waals surface area contributed by atoms with E-state index in [-0.39, 0.29) is 28.6 Å². The number of carbonyl (C=O) groups is 1. The molecule has 3 rings (SSSR count). The Hall–Kier alpha value is -3.40. The number of nitro benzene ring substituents is 1. The molecule has 0 aliphatic carbocycles. The van der Waals surface area contributed by atoms with Crippen molar-refractivity contribution >= 4 is 28.6 Å². The molecule has 1 amide bonds. The average molecular weight is 422 g/mol. The highest BCUT2D eigenvalue weighted by molar-refractivity contribution is 7.12. The Bertz CT molecular complexity index is 1050. The molecule has 10 heteroatoms. The van der Waals surface area contributed by atoms with Gasteiger partial charge in [-0.15, -0.1) is 11.3 Å². The van der Waals surface area contributed by atoms with Crippen LogP contribution in [-0.2, 0) is 12.8 Å². The summed E-state index contributed by atoms with van der Waals surface area (Å²) in [5.74, 6) is -0.613. The summed E-state index contributed by atoms with van der Waals surface area (Å²) in [6.07, 6.45) is -4.59. The van der Waals surface area contributed by atoms with Crippen LogP contribution in [0, 0.1) is 10.1 Å². The Balaban J connectivity index is 1.70. The van der Waals surface area contributed by atoms with Crippen molar-refractivity contribution in [2.45, 2.75) is 12.8 Å². The first-order valence-corrected chi connectivity index (χ1v) is 9.05. The lowest BCUT2D eigenvalue weighted by molar-refractivity contribution is -0.385. The fourth-order valence-corrected chi connectivity index (χ4v) is 3.28. The van der Waals surface area contributed by atoms with Crippen molar-refractivity contribution in [2.24, 2.45) is 0 Å². The Labute approximate surface area is 166 Å². The fraction of sp³-hybridized carbons (Fsp3) is 0.105. The van der Waals surface area contributed by atoms with E-state index in [1.807, 2.05) is 0 Å². The number of nitrogens with one attached hydrogen (secondary N) is 1. The maximum absolute atomic E-state index is 13.0. The molecule has 0 atom stereocenters. The molecule has 29 heavy (non-hydrogen) atoms. The number of rotatable bonds is 6. The molecule has 2 aromatic carbocycles. The number of amides is 1. The summed E-state index contributed by atoms with van der Waals surface area (Å²) >= 11 is 1.03. The van der Waals surface area contributed by atoms with Gasteiger partial charge in [0.05, 0.1) is 21.1 Å². The van der Waals surface area contributed by atoms with E-state index in [0.717, 1.165) is 17.4 Å². The summed E-state index contributed by atoms with van der Waals surface area (Å²) in [4.78, 5) is 22.9. The standard InChI is InChI=1S/C19H13F3N2O4S/c20-19(21,22)13-5-1-2-6-14(13)23-18(25)17-9-12(11-29-17)10-28-16-8-4-3-7-15(16)24(26)27/h1-9,11H,10H2,(H,23,25). The number of nitro groups is 1. The van der Waals surface area contributed by atoms with Gasteiger partial charge in [0.25, 0.3) is 5.91 Å². The molecular weight excluding hydrogens is 409 g/mol. The van der Waals surface area contributed by atoms with E-state index in [9.17, 15) is 28.1 Å². The zero-order valence-corrected chi connectivity index (χ0v) is 15.4. The van der Waals surface area contributed by atoms with Crippen LogP contribution in [0.4, 0.5) is 24.5 Å². The van der Waals surface area contributed by atoms with Gasteiger partial charge in [0.1, 0.15) is 6.61 Å². The van der Waals surface area contributed by atoms with Crippen LogP contribution in [0.1, 0.15) is 20.8 Å². The van der Waals surface area contributed by atoms with Crippen LogP contribution >= 0.6 is 11.3 Å². The van der Waals surface area contributed by atoms with Crippen molar-refractivity contribution in [3.63, 3.8) is 0 Å². The van der Waals surface area contributed by atoms with Gasteiger partial charge >= 0.3 is 11.9 Å². The number of alkyl halides is 3. The van der Waals surface area contributed by atoms with Crippen molar-refractivity contribution < 1.29 is 27.6 Å². The van der Waals surface area contributed by atoms with Crippen molar-refractivity contribution in [1.29, 1.82) is 0 Å². The Morgan fingerprint density at radius 2 is 1.83 bits per heavy atom. The number of anilines is 1. The number of benzene rings is 2. The number of ether oxygens (including phenoxy) is 1. The van der Waals surface area contributed by atoms with Crippen molar-refractivity contribution in [3.05, 3.63) is 86.1 Å². The Morgan fingerprint density at radius 1 is 1.14 bits per heavy atom. The van der Waals surface area contributed by atoms with Gasteiger partial charge in [-0.3, -0.25) is 14.9 Å². The molecule has 1 N–H and O–H groups in total. The van der Waals surface area contributed by atoms with Crippen molar-refractivity contribution in [3.8, 4) is 5.75 Å². The van der Waals surface area contributed by atoms with Gasteiger partial charge in [-0.05, 0) is 29.6 Å². The predicted molar refractivity (Wildman–Crippen MR) is 101 cm³/mol. The first-order valence-electron chi connectivity index (χ1n) is 8.17. The lowest BCUT2D eigenvalue weighted by Gasteiger charge is -2.12. The molecule has 1 heterocycles. The van der Waals surface area contributed by atoms with Crippen LogP contribution in [-0.4, -0.2) is 10.8 Å². The number of para-hydroxylation sites is 3. The van der Waals surface area contributed by atoms with Gasteiger partial charge in [-0.1, -0.05) is 24.3 Å². The van der Waals surface area contributed by atoms with Gasteiger partial charge in [-0.25, -0.2) is 0 Å². The minimum absolute atomic E-state index is 0.0340. The Morgan fingerprint density at radius 3 is 2.55 bits per heavy atom. The van der Waals surface area contributed by atoms with E-state index in [0.29, 0.717) is 5.56 Å². The molecule has 3 aromatic rings. The fourth-order valence-electron chi connectivity index (χ4n) is 2.48. The highest BCUT2D eigenvalue weighted by Gasteiger charge is 2.33.